The van der Waals surface area contributed by atoms with Gasteiger partial charge in [0.15, 0.2) is 0 Å². The highest BCUT2D eigenvalue weighted by Gasteiger charge is 2.29. The first-order valence-corrected chi connectivity index (χ1v) is 8.20. The molecule has 0 amide bonds. The molecule has 1 saturated carbocycles. The molecule has 1 aliphatic rings. The minimum atomic E-state index is -3.57. The van der Waals surface area contributed by atoms with Crippen LogP contribution in [-0.2, 0) is 16.6 Å². The first-order valence-electron chi connectivity index (χ1n) is 6.72. The van der Waals surface area contributed by atoms with Gasteiger partial charge in [0.1, 0.15) is 5.76 Å². The molecule has 108 valence electrons. The van der Waals surface area contributed by atoms with Crippen molar-refractivity contribution in [2.45, 2.75) is 50.8 Å². The molecule has 0 bridgehead atoms. The maximum Gasteiger partial charge on any atom is 0.274 e. The molecule has 0 radical (unpaired) electrons. The Kier molecular flexibility index (Phi) is 4.32. The van der Waals surface area contributed by atoms with Crippen molar-refractivity contribution in [2.24, 2.45) is 17.6 Å². The quantitative estimate of drug-likeness (QED) is 0.884. The number of rotatable bonds is 4. The second-order valence-corrected chi connectivity index (χ2v) is 7.31. The van der Waals surface area contributed by atoms with Crippen LogP contribution in [0, 0.1) is 11.8 Å². The summed E-state index contributed by atoms with van der Waals surface area (Å²) in [6, 6.07) is 3.05. The van der Waals surface area contributed by atoms with Gasteiger partial charge >= 0.3 is 0 Å². The van der Waals surface area contributed by atoms with Gasteiger partial charge in [0.05, 0.1) is 6.54 Å². The van der Waals surface area contributed by atoms with Crippen molar-refractivity contribution in [3.8, 4) is 0 Å². The molecule has 1 fully saturated rings. The zero-order chi connectivity index (χ0) is 14.0. The van der Waals surface area contributed by atoms with Crippen LogP contribution in [0.4, 0.5) is 0 Å². The molecule has 5 nitrogen and oxygen atoms in total. The summed E-state index contributed by atoms with van der Waals surface area (Å²) < 4.78 is 32.4. The fraction of sp³-hybridized carbons (Fsp3) is 0.692. The highest BCUT2D eigenvalue weighted by atomic mass is 32.2. The van der Waals surface area contributed by atoms with Gasteiger partial charge in [-0.3, -0.25) is 0 Å². The standard InChI is InChI=1S/C13H22N2O3S/c1-9-5-10(2)7-11(6-9)15-19(16,17)13-4-3-12(8-14)18-13/h3-4,9-11,15H,5-8,14H2,1-2H3. The largest absolute Gasteiger partial charge is 0.447 e. The van der Waals surface area contributed by atoms with Gasteiger partial charge in [-0.2, -0.15) is 0 Å². The lowest BCUT2D eigenvalue weighted by molar-refractivity contribution is 0.256. The molecule has 6 heteroatoms. The lowest BCUT2D eigenvalue weighted by Crippen LogP contribution is -2.39. The zero-order valence-corrected chi connectivity index (χ0v) is 12.2. The third-order valence-corrected chi connectivity index (χ3v) is 5.00. The van der Waals surface area contributed by atoms with Gasteiger partial charge in [-0.25, -0.2) is 13.1 Å². The third kappa shape index (κ3) is 3.58. The highest BCUT2D eigenvalue weighted by Crippen LogP contribution is 2.29. The van der Waals surface area contributed by atoms with E-state index in [1.54, 1.807) is 6.07 Å². The SMILES string of the molecule is CC1CC(C)CC(NS(=O)(=O)c2ccc(CN)o2)C1. The summed E-state index contributed by atoms with van der Waals surface area (Å²) in [6.45, 7) is 4.53. The monoisotopic (exact) mass is 286 g/mol. The minimum absolute atomic E-state index is 0.00447. The fourth-order valence-electron chi connectivity index (χ4n) is 2.93. The molecule has 0 aliphatic heterocycles. The number of sulfonamides is 1. The van der Waals surface area contributed by atoms with Gasteiger partial charge < -0.3 is 10.2 Å². The lowest BCUT2D eigenvalue weighted by atomic mass is 9.81. The van der Waals surface area contributed by atoms with E-state index in [-0.39, 0.29) is 17.7 Å². The van der Waals surface area contributed by atoms with E-state index in [1.807, 2.05) is 0 Å². The predicted octanol–water partition coefficient (Wildman–Crippen LogP) is 1.84. The van der Waals surface area contributed by atoms with Crippen LogP contribution < -0.4 is 10.5 Å². The van der Waals surface area contributed by atoms with Gasteiger partial charge in [-0.15, -0.1) is 0 Å². The highest BCUT2D eigenvalue weighted by molar-refractivity contribution is 7.89. The van der Waals surface area contributed by atoms with E-state index < -0.39 is 10.0 Å². The van der Waals surface area contributed by atoms with Crippen molar-refractivity contribution in [2.75, 3.05) is 0 Å². The summed E-state index contributed by atoms with van der Waals surface area (Å²) in [7, 11) is -3.57. The molecule has 1 aliphatic carbocycles. The van der Waals surface area contributed by atoms with Crippen molar-refractivity contribution < 1.29 is 12.8 Å². The summed E-state index contributed by atoms with van der Waals surface area (Å²) in [4.78, 5) is 0. The molecule has 2 atom stereocenters. The van der Waals surface area contributed by atoms with E-state index in [0.29, 0.717) is 17.6 Å². The fourth-order valence-corrected chi connectivity index (χ4v) is 4.14. The van der Waals surface area contributed by atoms with Crippen LogP contribution >= 0.6 is 0 Å². The van der Waals surface area contributed by atoms with E-state index >= 15 is 0 Å². The van der Waals surface area contributed by atoms with Crippen LogP contribution in [0.15, 0.2) is 21.6 Å². The van der Waals surface area contributed by atoms with Gasteiger partial charge in [-0.05, 0) is 43.2 Å². The maximum atomic E-state index is 12.2. The molecular formula is C13H22N2O3S. The van der Waals surface area contributed by atoms with Crippen molar-refractivity contribution in [3.05, 3.63) is 17.9 Å². The number of hydrogen-bond acceptors (Lipinski definition) is 4. The van der Waals surface area contributed by atoms with Crippen molar-refractivity contribution in [1.82, 2.24) is 4.72 Å². The number of nitrogens with one attached hydrogen (secondary N) is 1. The Balaban J connectivity index is 2.08. The Morgan fingerprint density at radius 2 is 1.89 bits per heavy atom. The molecule has 3 N–H and O–H groups in total. The van der Waals surface area contributed by atoms with Crippen LogP contribution in [0.25, 0.3) is 0 Å². The second-order valence-electron chi connectivity index (χ2n) is 5.66. The minimum Gasteiger partial charge on any atom is -0.447 e. The molecule has 1 aromatic rings. The Bertz CT molecular complexity index is 514. The smallest absolute Gasteiger partial charge is 0.274 e. The summed E-state index contributed by atoms with van der Waals surface area (Å²) >= 11 is 0. The van der Waals surface area contributed by atoms with Crippen LogP contribution in [-0.4, -0.2) is 14.5 Å². The Hall–Kier alpha value is -0.850. The second kappa shape index (κ2) is 5.64. The van der Waals surface area contributed by atoms with Crippen molar-refractivity contribution in [3.63, 3.8) is 0 Å². The maximum absolute atomic E-state index is 12.2. The molecule has 1 aromatic heterocycles. The van der Waals surface area contributed by atoms with Crippen LogP contribution in [0.5, 0.6) is 0 Å². The van der Waals surface area contributed by atoms with Crippen LogP contribution in [0.1, 0.15) is 38.9 Å². The zero-order valence-electron chi connectivity index (χ0n) is 11.4. The molecule has 1 heterocycles. The summed E-state index contributed by atoms with van der Waals surface area (Å²) in [5.74, 6) is 1.58. The van der Waals surface area contributed by atoms with Gasteiger partial charge in [0.25, 0.3) is 10.0 Å². The average molecular weight is 286 g/mol. The molecule has 2 unspecified atom stereocenters. The normalized spacial score (nSPS) is 28.5. The van der Waals surface area contributed by atoms with Crippen molar-refractivity contribution >= 4 is 10.0 Å². The molecule has 2 rings (SSSR count). The molecule has 0 spiro atoms. The number of nitrogens with two attached hydrogens (primary N) is 1. The molecule has 0 saturated heterocycles. The Labute approximate surface area is 114 Å². The number of hydrogen-bond donors (Lipinski definition) is 2. The molecule has 19 heavy (non-hydrogen) atoms. The Morgan fingerprint density at radius 3 is 2.42 bits per heavy atom. The topological polar surface area (TPSA) is 85.3 Å². The van der Waals surface area contributed by atoms with Crippen LogP contribution in [0.3, 0.4) is 0 Å². The Morgan fingerprint density at radius 1 is 1.26 bits per heavy atom. The number of furan rings is 1. The predicted molar refractivity (Wildman–Crippen MR) is 72.9 cm³/mol. The van der Waals surface area contributed by atoms with E-state index in [1.165, 1.54) is 6.07 Å². The first kappa shape index (κ1) is 14.6. The third-order valence-electron chi connectivity index (χ3n) is 3.60. The summed E-state index contributed by atoms with van der Waals surface area (Å²) in [5, 5.41) is -0.0428. The first-order chi connectivity index (χ1) is 8.90. The average Bonchev–Trinajstić information content (AvgIpc) is 2.75. The summed E-state index contributed by atoms with van der Waals surface area (Å²) in [6.07, 6.45) is 2.93. The molecular weight excluding hydrogens is 264 g/mol. The van der Waals surface area contributed by atoms with Gasteiger partial charge in [-0.1, -0.05) is 13.8 Å². The molecule has 0 aromatic carbocycles. The van der Waals surface area contributed by atoms with Crippen LogP contribution in [0.2, 0.25) is 0 Å². The lowest BCUT2D eigenvalue weighted by Gasteiger charge is -2.31. The van der Waals surface area contributed by atoms with E-state index in [2.05, 4.69) is 18.6 Å². The van der Waals surface area contributed by atoms with Gasteiger partial charge in [0.2, 0.25) is 5.09 Å². The summed E-state index contributed by atoms with van der Waals surface area (Å²) in [5.41, 5.74) is 5.42. The van der Waals surface area contributed by atoms with E-state index in [0.717, 1.165) is 19.3 Å². The van der Waals surface area contributed by atoms with E-state index in [9.17, 15) is 8.42 Å². The van der Waals surface area contributed by atoms with Crippen molar-refractivity contribution in [1.29, 1.82) is 0 Å². The van der Waals surface area contributed by atoms with E-state index in [4.69, 9.17) is 10.2 Å². The van der Waals surface area contributed by atoms with Gasteiger partial charge in [0, 0.05) is 6.04 Å².